The van der Waals surface area contributed by atoms with E-state index in [-0.39, 0.29) is 10.6 Å². The van der Waals surface area contributed by atoms with Crippen molar-refractivity contribution in [1.82, 2.24) is 5.32 Å². The minimum Gasteiger partial charge on any atom is -0.464 e. The largest absolute Gasteiger partial charge is 0.464 e. The highest BCUT2D eigenvalue weighted by Crippen LogP contribution is 2.21. The van der Waals surface area contributed by atoms with Crippen molar-refractivity contribution in [3.63, 3.8) is 0 Å². The molecule has 1 N–H and O–H groups in total. The average molecular weight is 309 g/mol. The maximum absolute atomic E-state index is 13.1. The fraction of sp³-hybridized carbons (Fsp3) is 0.333. The Bertz CT molecular complexity index is 735. The fourth-order valence-corrected chi connectivity index (χ4v) is 3.33. The summed E-state index contributed by atoms with van der Waals surface area (Å²) in [5.74, 6) is 0.253. The summed E-state index contributed by atoms with van der Waals surface area (Å²) in [5, 5.41) is 3.30. The van der Waals surface area contributed by atoms with Crippen LogP contribution < -0.4 is 5.32 Å². The zero-order chi connectivity index (χ0) is 14.9. The molecular weight excluding hydrogens is 293 g/mol. The van der Waals surface area contributed by atoms with Crippen molar-refractivity contribution in [2.75, 3.05) is 0 Å². The van der Waals surface area contributed by atoms with Crippen LogP contribution in [0.4, 0.5) is 4.39 Å². The average Bonchev–Trinajstić information content (AvgIpc) is 3.17. The van der Waals surface area contributed by atoms with Crippen molar-refractivity contribution in [1.29, 1.82) is 0 Å². The van der Waals surface area contributed by atoms with Crippen LogP contribution >= 0.6 is 0 Å². The number of hydrogen-bond acceptors (Lipinski definition) is 4. The van der Waals surface area contributed by atoms with Gasteiger partial charge in [0.05, 0.1) is 11.4 Å². The molecule has 0 amide bonds. The maximum Gasteiger partial charge on any atom is 0.185 e. The molecule has 2 aromatic rings. The second-order valence-electron chi connectivity index (χ2n) is 5.24. The molecule has 6 heteroatoms. The summed E-state index contributed by atoms with van der Waals surface area (Å²) in [6, 6.07) is 9.00. The number of nitrogens with one attached hydrogen (secondary N) is 1. The first-order chi connectivity index (χ1) is 10.0. The highest BCUT2D eigenvalue weighted by molar-refractivity contribution is 7.90. The van der Waals surface area contributed by atoms with E-state index in [0.717, 1.165) is 6.07 Å². The highest BCUT2D eigenvalue weighted by Gasteiger charge is 2.21. The van der Waals surface area contributed by atoms with Crippen molar-refractivity contribution >= 4 is 9.84 Å². The Morgan fingerprint density at radius 1 is 1.19 bits per heavy atom. The number of furan rings is 1. The van der Waals surface area contributed by atoms with Gasteiger partial charge >= 0.3 is 0 Å². The molecule has 1 aliphatic rings. The molecule has 0 bridgehead atoms. The lowest BCUT2D eigenvalue weighted by Gasteiger charge is -2.03. The summed E-state index contributed by atoms with van der Waals surface area (Å²) < 4.78 is 43.0. The smallest absolute Gasteiger partial charge is 0.185 e. The number of hydrogen-bond donors (Lipinski definition) is 1. The standard InChI is InChI=1S/C15H16FNO3S/c16-11-2-1-3-15(8-11)21(18,19)10-14-7-6-13(20-14)9-17-12-4-5-12/h1-3,6-8,12,17H,4-5,9-10H2. The lowest BCUT2D eigenvalue weighted by Crippen LogP contribution is -2.14. The quantitative estimate of drug-likeness (QED) is 0.891. The molecule has 0 spiro atoms. The van der Waals surface area contributed by atoms with Gasteiger partial charge in [0.2, 0.25) is 0 Å². The number of halogens is 1. The van der Waals surface area contributed by atoms with Crippen LogP contribution in [0.25, 0.3) is 0 Å². The van der Waals surface area contributed by atoms with Crippen LogP contribution in [-0.2, 0) is 22.1 Å². The summed E-state index contributed by atoms with van der Waals surface area (Å²) in [4.78, 5) is -0.0310. The monoisotopic (exact) mass is 309 g/mol. The van der Waals surface area contributed by atoms with Gasteiger partial charge in [-0.25, -0.2) is 12.8 Å². The molecule has 1 aromatic heterocycles. The lowest BCUT2D eigenvalue weighted by atomic mass is 10.4. The van der Waals surface area contributed by atoms with E-state index < -0.39 is 15.7 Å². The van der Waals surface area contributed by atoms with E-state index in [4.69, 9.17) is 4.42 Å². The van der Waals surface area contributed by atoms with Gasteiger partial charge in [0.25, 0.3) is 0 Å². The van der Waals surface area contributed by atoms with Crippen molar-refractivity contribution in [3.8, 4) is 0 Å². The third-order valence-corrected chi connectivity index (χ3v) is 4.98. The van der Waals surface area contributed by atoms with Gasteiger partial charge in [-0.05, 0) is 43.2 Å². The van der Waals surface area contributed by atoms with E-state index in [0.29, 0.717) is 24.1 Å². The van der Waals surface area contributed by atoms with E-state index in [1.807, 2.05) is 0 Å². The molecule has 1 fully saturated rings. The molecule has 1 heterocycles. The lowest BCUT2D eigenvalue weighted by molar-refractivity contribution is 0.455. The topological polar surface area (TPSA) is 59.3 Å². The third kappa shape index (κ3) is 3.71. The van der Waals surface area contributed by atoms with Crippen molar-refractivity contribution < 1.29 is 17.2 Å². The van der Waals surface area contributed by atoms with E-state index >= 15 is 0 Å². The van der Waals surface area contributed by atoms with E-state index in [1.54, 1.807) is 12.1 Å². The van der Waals surface area contributed by atoms with Gasteiger partial charge in [-0.1, -0.05) is 6.07 Å². The van der Waals surface area contributed by atoms with Crippen LogP contribution in [0, 0.1) is 5.82 Å². The Morgan fingerprint density at radius 2 is 1.95 bits per heavy atom. The van der Waals surface area contributed by atoms with Crippen molar-refractivity contribution in [2.45, 2.75) is 36.1 Å². The van der Waals surface area contributed by atoms with Crippen LogP contribution in [0.15, 0.2) is 45.7 Å². The second kappa shape index (κ2) is 5.61. The molecule has 1 aliphatic carbocycles. The molecule has 0 unspecified atom stereocenters. The van der Waals surface area contributed by atoms with Crippen LogP contribution in [0.3, 0.4) is 0 Å². The molecule has 112 valence electrons. The predicted octanol–water partition coefficient (Wildman–Crippen LogP) is 2.64. The predicted molar refractivity (Wildman–Crippen MR) is 75.9 cm³/mol. The van der Waals surface area contributed by atoms with Gasteiger partial charge in [-0.3, -0.25) is 0 Å². The summed E-state index contributed by atoms with van der Waals surface area (Å²) in [5.41, 5.74) is 0. The SMILES string of the molecule is O=S(=O)(Cc1ccc(CNC2CC2)o1)c1cccc(F)c1. The van der Waals surface area contributed by atoms with Gasteiger partial charge in [0, 0.05) is 6.04 Å². The zero-order valence-corrected chi connectivity index (χ0v) is 12.2. The van der Waals surface area contributed by atoms with E-state index in [1.165, 1.54) is 31.0 Å². The van der Waals surface area contributed by atoms with Gasteiger partial charge in [0.1, 0.15) is 23.1 Å². The number of sulfone groups is 1. The van der Waals surface area contributed by atoms with Gasteiger partial charge in [0.15, 0.2) is 9.84 Å². The number of rotatable bonds is 6. The summed E-state index contributed by atoms with van der Waals surface area (Å²) >= 11 is 0. The van der Waals surface area contributed by atoms with Gasteiger partial charge in [-0.15, -0.1) is 0 Å². The van der Waals surface area contributed by atoms with Crippen molar-refractivity contribution in [2.24, 2.45) is 0 Å². The Balaban J connectivity index is 1.69. The maximum atomic E-state index is 13.1. The summed E-state index contributed by atoms with van der Waals surface area (Å²) in [7, 11) is -3.60. The first-order valence-electron chi connectivity index (χ1n) is 6.82. The molecular formula is C15H16FNO3S. The summed E-state index contributed by atoms with van der Waals surface area (Å²) in [6.45, 7) is 0.602. The van der Waals surface area contributed by atoms with Crippen LogP contribution in [0.2, 0.25) is 0 Å². The Kier molecular flexibility index (Phi) is 3.82. The first-order valence-corrected chi connectivity index (χ1v) is 8.47. The molecule has 3 rings (SSSR count). The molecule has 0 aliphatic heterocycles. The Morgan fingerprint density at radius 3 is 2.67 bits per heavy atom. The van der Waals surface area contributed by atoms with Crippen LogP contribution in [0.5, 0.6) is 0 Å². The molecule has 1 saturated carbocycles. The van der Waals surface area contributed by atoms with E-state index in [2.05, 4.69) is 5.32 Å². The van der Waals surface area contributed by atoms with Crippen molar-refractivity contribution in [3.05, 3.63) is 53.7 Å². The normalized spacial score (nSPS) is 15.3. The minimum absolute atomic E-state index is 0.0310. The van der Waals surface area contributed by atoms with E-state index in [9.17, 15) is 12.8 Å². The Labute approximate surface area is 122 Å². The zero-order valence-electron chi connectivity index (χ0n) is 11.4. The van der Waals surface area contributed by atoms with Gasteiger partial charge < -0.3 is 9.73 Å². The fourth-order valence-electron chi connectivity index (χ4n) is 2.06. The minimum atomic E-state index is -3.60. The summed E-state index contributed by atoms with van der Waals surface area (Å²) in [6.07, 6.45) is 2.36. The highest BCUT2D eigenvalue weighted by atomic mass is 32.2. The van der Waals surface area contributed by atoms with Crippen LogP contribution in [-0.4, -0.2) is 14.5 Å². The molecule has 1 aromatic carbocycles. The third-order valence-electron chi connectivity index (χ3n) is 3.35. The first kappa shape index (κ1) is 14.3. The molecule has 21 heavy (non-hydrogen) atoms. The molecule has 0 saturated heterocycles. The van der Waals surface area contributed by atoms with Crippen LogP contribution in [0.1, 0.15) is 24.4 Å². The molecule has 0 atom stereocenters. The van der Waals surface area contributed by atoms with Gasteiger partial charge in [-0.2, -0.15) is 0 Å². The molecule has 0 radical (unpaired) electrons. The second-order valence-corrected chi connectivity index (χ2v) is 7.23. The molecule has 4 nitrogen and oxygen atoms in total. The Hall–Kier alpha value is -1.66. The number of benzene rings is 1.